The molecule has 0 aromatic heterocycles. The second-order valence-corrected chi connectivity index (χ2v) is 6.39. The number of hydroxylamine groups is 1. The van der Waals surface area contributed by atoms with E-state index in [-0.39, 0.29) is 6.04 Å². The largest absolute Gasteiger partial charge is 0.378 e. The smallest absolute Gasteiger partial charge is 0.154 e. The maximum absolute atomic E-state index is 11.5. The zero-order valence-electron chi connectivity index (χ0n) is 13.8. The fourth-order valence-corrected chi connectivity index (χ4v) is 2.92. The molecule has 0 aliphatic carbocycles. The molecule has 1 aliphatic rings. The summed E-state index contributed by atoms with van der Waals surface area (Å²) < 4.78 is 0. The van der Waals surface area contributed by atoms with Crippen molar-refractivity contribution in [2.75, 3.05) is 24.1 Å². The Bertz CT molecular complexity index is 670. The van der Waals surface area contributed by atoms with Gasteiger partial charge in [0.15, 0.2) is 11.9 Å². The van der Waals surface area contributed by atoms with E-state index in [0.717, 1.165) is 23.2 Å². The van der Waals surface area contributed by atoms with Crippen molar-refractivity contribution in [1.82, 2.24) is 0 Å². The lowest BCUT2D eigenvalue weighted by Crippen LogP contribution is -2.28. The third-order valence-electron chi connectivity index (χ3n) is 4.24. The van der Waals surface area contributed by atoms with Crippen LogP contribution in [0.3, 0.4) is 0 Å². The molecule has 1 saturated heterocycles. The number of hydrogen-bond donors (Lipinski definition) is 0. The van der Waals surface area contributed by atoms with Crippen LogP contribution >= 0.6 is 0 Å². The average Bonchev–Trinajstić information content (AvgIpc) is 2.94. The third-order valence-corrected chi connectivity index (χ3v) is 4.24. The normalized spacial score (nSPS) is 23.8. The van der Waals surface area contributed by atoms with E-state index < -0.39 is 5.60 Å². The highest BCUT2D eigenvalue weighted by atomic mass is 16.7. The van der Waals surface area contributed by atoms with Crippen molar-refractivity contribution in [2.45, 2.75) is 25.0 Å². The molecule has 0 unspecified atom stereocenters. The second-order valence-electron chi connectivity index (χ2n) is 6.39. The van der Waals surface area contributed by atoms with Gasteiger partial charge in [0.2, 0.25) is 0 Å². The molecule has 2 atom stereocenters. The van der Waals surface area contributed by atoms with Gasteiger partial charge in [0.1, 0.15) is 0 Å². The van der Waals surface area contributed by atoms with Gasteiger partial charge in [-0.3, -0.25) is 4.84 Å². The molecule has 4 heteroatoms. The van der Waals surface area contributed by atoms with Crippen LogP contribution in [0, 0.1) is 0 Å². The lowest BCUT2D eigenvalue weighted by Gasteiger charge is -2.26. The first-order chi connectivity index (χ1) is 11.0. The van der Waals surface area contributed by atoms with Gasteiger partial charge in [-0.15, -0.1) is 0 Å². The van der Waals surface area contributed by atoms with E-state index in [1.807, 2.05) is 56.4 Å². The molecule has 3 rings (SSSR count). The van der Waals surface area contributed by atoms with Crippen LogP contribution in [0.5, 0.6) is 0 Å². The first kappa shape index (κ1) is 15.6. The number of rotatable bonds is 4. The Kier molecular flexibility index (Phi) is 4.09. The number of carbonyl (C=O) groups is 1. The van der Waals surface area contributed by atoms with Crippen molar-refractivity contribution in [3.8, 4) is 0 Å². The molecule has 0 amide bonds. The van der Waals surface area contributed by atoms with Crippen molar-refractivity contribution in [3.05, 3.63) is 60.2 Å². The van der Waals surface area contributed by atoms with Crippen LogP contribution in [-0.4, -0.2) is 26.0 Å². The standard InChI is InChI=1S/C19H22N2O2/c1-19(14-22)13-18(15-9-11-16(12-10-15)20(2)3)21(23-19)17-7-5-4-6-8-17/h4-12,14,18H,13H2,1-3H3/t18-,19-/m1/s1. The molecule has 1 fully saturated rings. The summed E-state index contributed by atoms with van der Waals surface area (Å²) in [5, 5.41) is 1.86. The first-order valence-corrected chi connectivity index (χ1v) is 7.79. The monoisotopic (exact) mass is 310 g/mol. The molecule has 0 N–H and O–H groups in total. The zero-order valence-corrected chi connectivity index (χ0v) is 13.8. The van der Waals surface area contributed by atoms with Crippen LogP contribution in [0.25, 0.3) is 0 Å². The van der Waals surface area contributed by atoms with Gasteiger partial charge >= 0.3 is 0 Å². The van der Waals surface area contributed by atoms with Crippen molar-refractivity contribution >= 4 is 17.7 Å². The molecule has 0 spiro atoms. The Morgan fingerprint density at radius 3 is 2.35 bits per heavy atom. The lowest BCUT2D eigenvalue weighted by atomic mass is 9.94. The van der Waals surface area contributed by atoms with E-state index in [9.17, 15) is 4.79 Å². The molecular weight excluding hydrogens is 288 g/mol. The highest BCUT2D eigenvalue weighted by molar-refractivity contribution is 5.64. The first-order valence-electron chi connectivity index (χ1n) is 7.79. The fraction of sp³-hybridized carbons (Fsp3) is 0.316. The van der Waals surface area contributed by atoms with Gasteiger partial charge in [-0.25, -0.2) is 5.06 Å². The quantitative estimate of drug-likeness (QED) is 0.808. The number of para-hydroxylation sites is 1. The van der Waals surface area contributed by atoms with Crippen LogP contribution < -0.4 is 9.96 Å². The van der Waals surface area contributed by atoms with E-state index in [1.54, 1.807) is 0 Å². The number of hydrogen-bond acceptors (Lipinski definition) is 4. The van der Waals surface area contributed by atoms with Gasteiger partial charge in [-0.2, -0.15) is 0 Å². The number of nitrogens with zero attached hydrogens (tertiary/aromatic N) is 2. The zero-order chi connectivity index (χ0) is 16.4. The summed E-state index contributed by atoms with van der Waals surface area (Å²) in [5.41, 5.74) is 2.46. The Labute approximate surface area is 137 Å². The van der Waals surface area contributed by atoms with Gasteiger partial charge in [0, 0.05) is 26.2 Å². The van der Waals surface area contributed by atoms with Crippen LogP contribution in [0.2, 0.25) is 0 Å². The molecule has 23 heavy (non-hydrogen) atoms. The average molecular weight is 310 g/mol. The van der Waals surface area contributed by atoms with Crippen LogP contribution in [0.1, 0.15) is 24.9 Å². The molecule has 1 heterocycles. The molecule has 0 bridgehead atoms. The van der Waals surface area contributed by atoms with E-state index in [2.05, 4.69) is 29.2 Å². The number of carbonyl (C=O) groups excluding carboxylic acids is 1. The molecule has 0 saturated carbocycles. The van der Waals surface area contributed by atoms with Crippen LogP contribution in [-0.2, 0) is 9.63 Å². The Morgan fingerprint density at radius 1 is 1.13 bits per heavy atom. The number of anilines is 2. The molecule has 2 aromatic carbocycles. The maximum atomic E-state index is 11.5. The second kappa shape index (κ2) is 6.05. The van der Waals surface area contributed by atoms with E-state index in [1.165, 1.54) is 0 Å². The summed E-state index contributed by atoms with van der Waals surface area (Å²) in [6.45, 7) is 1.84. The van der Waals surface area contributed by atoms with Crippen molar-refractivity contribution in [2.24, 2.45) is 0 Å². The number of benzene rings is 2. The Hall–Kier alpha value is -2.33. The third kappa shape index (κ3) is 3.08. The van der Waals surface area contributed by atoms with E-state index in [4.69, 9.17) is 4.84 Å². The van der Waals surface area contributed by atoms with Crippen molar-refractivity contribution < 1.29 is 9.63 Å². The topological polar surface area (TPSA) is 32.8 Å². The molecule has 1 aliphatic heterocycles. The summed E-state index contributed by atoms with van der Waals surface area (Å²) in [7, 11) is 4.04. The molecule has 0 radical (unpaired) electrons. The van der Waals surface area contributed by atoms with Gasteiger partial charge in [0.05, 0.1) is 11.7 Å². The molecule has 2 aromatic rings. The van der Waals surface area contributed by atoms with E-state index >= 15 is 0 Å². The minimum absolute atomic E-state index is 0.0174. The Balaban J connectivity index is 1.95. The highest BCUT2D eigenvalue weighted by Gasteiger charge is 2.43. The Morgan fingerprint density at radius 2 is 1.78 bits per heavy atom. The fourth-order valence-electron chi connectivity index (χ4n) is 2.92. The van der Waals surface area contributed by atoms with Crippen LogP contribution in [0.15, 0.2) is 54.6 Å². The molecule has 120 valence electrons. The minimum atomic E-state index is -0.791. The summed E-state index contributed by atoms with van der Waals surface area (Å²) >= 11 is 0. The summed E-state index contributed by atoms with van der Waals surface area (Å²) in [6, 6.07) is 18.3. The summed E-state index contributed by atoms with van der Waals surface area (Å²) in [5.74, 6) is 0. The van der Waals surface area contributed by atoms with Crippen LogP contribution in [0.4, 0.5) is 11.4 Å². The predicted molar refractivity (Wildman–Crippen MR) is 92.6 cm³/mol. The van der Waals surface area contributed by atoms with Gasteiger partial charge < -0.3 is 9.69 Å². The van der Waals surface area contributed by atoms with Crippen molar-refractivity contribution in [3.63, 3.8) is 0 Å². The molecular formula is C19H22N2O2. The van der Waals surface area contributed by atoms with E-state index in [0.29, 0.717) is 6.42 Å². The van der Waals surface area contributed by atoms with Gasteiger partial charge in [0.25, 0.3) is 0 Å². The van der Waals surface area contributed by atoms with Gasteiger partial charge in [-0.1, -0.05) is 30.3 Å². The predicted octanol–water partition coefficient (Wildman–Crippen LogP) is 3.59. The molecule has 4 nitrogen and oxygen atoms in total. The van der Waals surface area contributed by atoms with Gasteiger partial charge in [-0.05, 0) is 36.8 Å². The highest BCUT2D eigenvalue weighted by Crippen LogP contribution is 2.42. The summed E-state index contributed by atoms with van der Waals surface area (Å²) in [4.78, 5) is 19.5. The number of aldehydes is 1. The SMILES string of the molecule is CN(C)c1ccc([C@H]2C[C@](C)(C=O)ON2c2ccccc2)cc1. The summed E-state index contributed by atoms with van der Waals surface area (Å²) in [6.07, 6.45) is 1.53. The maximum Gasteiger partial charge on any atom is 0.154 e. The lowest BCUT2D eigenvalue weighted by molar-refractivity contribution is -0.125. The minimum Gasteiger partial charge on any atom is -0.378 e. The van der Waals surface area contributed by atoms with Crippen molar-refractivity contribution in [1.29, 1.82) is 0 Å².